The molecule has 0 aromatic heterocycles. The Morgan fingerprint density at radius 2 is 1.91 bits per heavy atom. The maximum atomic E-state index is 12.1. The Kier molecular flexibility index (Phi) is 7.76. The summed E-state index contributed by atoms with van der Waals surface area (Å²) in [5, 5.41) is 11.2. The van der Waals surface area contributed by atoms with Crippen molar-refractivity contribution in [1.82, 2.24) is 5.32 Å². The number of carbonyl (C=O) groups is 3. The highest BCUT2D eigenvalue weighted by Gasteiger charge is 2.26. The number of nitrogens with two attached hydrogens (primary N) is 1. The van der Waals surface area contributed by atoms with Crippen molar-refractivity contribution >= 4 is 17.8 Å². The molecule has 126 valence electrons. The quantitative estimate of drug-likeness (QED) is 0.569. The topological polar surface area (TPSA) is 119 Å². The zero-order valence-electron chi connectivity index (χ0n) is 13.0. The van der Waals surface area contributed by atoms with Crippen LogP contribution in [-0.4, -0.2) is 41.6 Å². The van der Waals surface area contributed by atoms with Gasteiger partial charge < -0.3 is 20.9 Å². The van der Waals surface area contributed by atoms with Gasteiger partial charge >= 0.3 is 11.9 Å². The molecule has 4 N–H and O–H groups in total. The predicted octanol–water partition coefficient (Wildman–Crippen LogP) is 0.469. The van der Waals surface area contributed by atoms with E-state index in [9.17, 15) is 14.4 Å². The molecular weight excluding hydrogens is 300 g/mol. The molecule has 0 heterocycles. The third kappa shape index (κ3) is 6.92. The molecule has 0 spiro atoms. The summed E-state index contributed by atoms with van der Waals surface area (Å²) < 4.78 is 5.08. The summed E-state index contributed by atoms with van der Waals surface area (Å²) in [7, 11) is 0. The molecule has 0 saturated heterocycles. The Morgan fingerprint density at radius 3 is 2.48 bits per heavy atom. The second-order valence-corrected chi connectivity index (χ2v) is 5.12. The van der Waals surface area contributed by atoms with Crippen LogP contribution in [0.15, 0.2) is 30.3 Å². The molecule has 1 rings (SSSR count). The maximum Gasteiger partial charge on any atom is 0.328 e. The van der Waals surface area contributed by atoms with E-state index in [1.807, 2.05) is 37.3 Å². The van der Waals surface area contributed by atoms with Crippen LogP contribution < -0.4 is 11.1 Å². The minimum Gasteiger partial charge on any atom is -0.481 e. The second-order valence-electron chi connectivity index (χ2n) is 5.12. The standard InChI is InChI=1S/C16H22N2O5/c1-2-8-23-16(22)13(9-11-6-4-3-5-7-11)18-15(21)12(17)10-14(19)20/h3-7,12-13H,2,8-10,17H2,1H3,(H,18,21)(H,19,20)/t12-,13-/m0/s1. The van der Waals surface area contributed by atoms with Crippen molar-refractivity contribution in [3.63, 3.8) is 0 Å². The lowest BCUT2D eigenvalue weighted by Gasteiger charge is -2.19. The van der Waals surface area contributed by atoms with Crippen molar-refractivity contribution in [3.05, 3.63) is 35.9 Å². The first-order chi connectivity index (χ1) is 10.9. The summed E-state index contributed by atoms with van der Waals surface area (Å²) in [6.07, 6.45) is 0.402. The number of rotatable bonds is 9. The second kappa shape index (κ2) is 9.58. The Balaban J connectivity index is 2.76. The smallest absolute Gasteiger partial charge is 0.328 e. The number of hydrogen-bond donors (Lipinski definition) is 3. The van der Waals surface area contributed by atoms with E-state index in [1.165, 1.54) is 0 Å². The van der Waals surface area contributed by atoms with Gasteiger partial charge in [0.05, 0.1) is 19.1 Å². The number of aliphatic carboxylic acids is 1. The van der Waals surface area contributed by atoms with Crippen molar-refractivity contribution in [2.75, 3.05) is 6.61 Å². The first kappa shape index (κ1) is 18.6. The molecule has 2 atom stereocenters. The summed E-state index contributed by atoms with van der Waals surface area (Å²) in [5.41, 5.74) is 6.36. The number of benzene rings is 1. The van der Waals surface area contributed by atoms with Crippen LogP contribution >= 0.6 is 0 Å². The highest BCUT2D eigenvalue weighted by molar-refractivity contribution is 5.89. The number of carboxylic acid groups (broad SMARTS) is 1. The SMILES string of the molecule is CCCOC(=O)[C@H](Cc1ccccc1)NC(=O)[C@@H](N)CC(=O)O. The van der Waals surface area contributed by atoms with Crippen LogP contribution in [0.1, 0.15) is 25.3 Å². The summed E-state index contributed by atoms with van der Waals surface area (Å²) in [6.45, 7) is 2.11. The molecule has 0 aliphatic carbocycles. The molecular formula is C16H22N2O5. The summed E-state index contributed by atoms with van der Waals surface area (Å²) in [6, 6.07) is 7.01. The lowest BCUT2D eigenvalue weighted by Crippen LogP contribution is -2.50. The molecule has 0 aliphatic heterocycles. The van der Waals surface area contributed by atoms with Crippen LogP contribution in [0.5, 0.6) is 0 Å². The van der Waals surface area contributed by atoms with E-state index in [1.54, 1.807) is 0 Å². The van der Waals surface area contributed by atoms with E-state index in [0.717, 1.165) is 5.56 Å². The Hall–Kier alpha value is -2.41. The average molecular weight is 322 g/mol. The highest BCUT2D eigenvalue weighted by atomic mass is 16.5. The van der Waals surface area contributed by atoms with Crippen molar-refractivity contribution in [1.29, 1.82) is 0 Å². The van der Waals surface area contributed by atoms with Gasteiger partial charge in [-0.05, 0) is 12.0 Å². The molecule has 0 bridgehead atoms. The van der Waals surface area contributed by atoms with Gasteiger partial charge in [-0.2, -0.15) is 0 Å². The Labute approximate surface area is 134 Å². The Morgan fingerprint density at radius 1 is 1.26 bits per heavy atom. The third-order valence-electron chi connectivity index (χ3n) is 3.06. The molecule has 7 heteroatoms. The van der Waals surface area contributed by atoms with E-state index in [-0.39, 0.29) is 13.0 Å². The lowest BCUT2D eigenvalue weighted by molar-refractivity contribution is -0.148. The maximum absolute atomic E-state index is 12.1. The lowest BCUT2D eigenvalue weighted by atomic mass is 10.1. The van der Waals surface area contributed by atoms with Crippen LogP contribution in [0.3, 0.4) is 0 Å². The van der Waals surface area contributed by atoms with Crippen LogP contribution in [0.2, 0.25) is 0 Å². The fourth-order valence-corrected chi connectivity index (χ4v) is 1.91. The van der Waals surface area contributed by atoms with Gasteiger partial charge in [-0.1, -0.05) is 37.3 Å². The minimum absolute atomic E-state index is 0.245. The number of esters is 1. The van der Waals surface area contributed by atoms with Gasteiger partial charge in [-0.15, -0.1) is 0 Å². The highest BCUT2D eigenvalue weighted by Crippen LogP contribution is 2.06. The van der Waals surface area contributed by atoms with Crippen molar-refractivity contribution in [2.45, 2.75) is 38.3 Å². The minimum atomic E-state index is -1.22. The first-order valence-corrected chi connectivity index (χ1v) is 7.42. The molecule has 0 saturated carbocycles. The number of nitrogens with one attached hydrogen (secondary N) is 1. The molecule has 23 heavy (non-hydrogen) atoms. The Bertz CT molecular complexity index is 533. The monoisotopic (exact) mass is 322 g/mol. The molecule has 0 radical (unpaired) electrons. The normalized spacial score (nSPS) is 13.0. The average Bonchev–Trinajstić information content (AvgIpc) is 2.52. The fourth-order valence-electron chi connectivity index (χ4n) is 1.91. The molecule has 1 aromatic carbocycles. The molecule has 0 unspecified atom stereocenters. The van der Waals surface area contributed by atoms with Crippen molar-refractivity contribution in [3.8, 4) is 0 Å². The third-order valence-corrected chi connectivity index (χ3v) is 3.06. The molecule has 7 nitrogen and oxygen atoms in total. The summed E-state index contributed by atoms with van der Waals surface area (Å²) in [4.78, 5) is 34.7. The van der Waals surface area contributed by atoms with Gasteiger partial charge in [0, 0.05) is 6.42 Å². The number of amides is 1. The number of hydrogen-bond acceptors (Lipinski definition) is 5. The fraction of sp³-hybridized carbons (Fsp3) is 0.438. The predicted molar refractivity (Wildman–Crippen MR) is 83.6 cm³/mol. The first-order valence-electron chi connectivity index (χ1n) is 7.42. The largest absolute Gasteiger partial charge is 0.481 e. The van der Waals surface area contributed by atoms with Gasteiger partial charge in [-0.3, -0.25) is 9.59 Å². The molecule has 0 fully saturated rings. The van der Waals surface area contributed by atoms with Crippen molar-refractivity contribution in [2.24, 2.45) is 5.73 Å². The number of carbonyl (C=O) groups excluding carboxylic acids is 2. The van der Waals surface area contributed by atoms with E-state index >= 15 is 0 Å². The van der Waals surface area contributed by atoms with Gasteiger partial charge in [0.15, 0.2) is 0 Å². The van der Waals surface area contributed by atoms with Gasteiger partial charge in [0.1, 0.15) is 6.04 Å². The number of carboxylic acids is 1. The number of ether oxygens (including phenoxy) is 1. The van der Waals surface area contributed by atoms with Gasteiger partial charge in [0.2, 0.25) is 5.91 Å². The van der Waals surface area contributed by atoms with E-state index in [4.69, 9.17) is 15.6 Å². The zero-order valence-corrected chi connectivity index (χ0v) is 13.0. The summed E-state index contributed by atoms with van der Waals surface area (Å²) >= 11 is 0. The van der Waals surface area contributed by atoms with E-state index in [0.29, 0.717) is 6.42 Å². The van der Waals surface area contributed by atoms with Crippen LogP contribution in [0.4, 0.5) is 0 Å². The van der Waals surface area contributed by atoms with Crippen LogP contribution in [0.25, 0.3) is 0 Å². The molecule has 0 aliphatic rings. The zero-order chi connectivity index (χ0) is 17.2. The van der Waals surface area contributed by atoms with Gasteiger partial charge in [-0.25, -0.2) is 4.79 Å². The molecule has 1 aromatic rings. The van der Waals surface area contributed by atoms with Gasteiger partial charge in [0.25, 0.3) is 0 Å². The summed E-state index contributed by atoms with van der Waals surface area (Å²) in [5.74, 6) is -2.44. The van der Waals surface area contributed by atoms with E-state index < -0.39 is 36.4 Å². The van der Waals surface area contributed by atoms with Crippen LogP contribution in [-0.2, 0) is 25.5 Å². The van der Waals surface area contributed by atoms with E-state index in [2.05, 4.69) is 5.32 Å². The molecule has 1 amide bonds. The van der Waals surface area contributed by atoms with Crippen LogP contribution in [0, 0.1) is 0 Å². The van der Waals surface area contributed by atoms with Crippen molar-refractivity contribution < 1.29 is 24.2 Å².